The molecule has 5 heteroatoms. The lowest BCUT2D eigenvalue weighted by Crippen LogP contribution is -2.43. The van der Waals surface area contributed by atoms with Crippen LogP contribution in [0.5, 0.6) is 0 Å². The van der Waals surface area contributed by atoms with E-state index in [2.05, 4.69) is 11.6 Å². The maximum atomic E-state index is 12.5. The molecule has 1 N–H and O–H groups in total. The Labute approximate surface area is 130 Å². The number of nitrogens with one attached hydrogen (secondary N) is 1. The SMILES string of the molecule is CSc1ccc(C(=O)N2CCC3CNCC3C2)cc1.Cl. The van der Waals surface area contributed by atoms with Crippen LogP contribution in [0.4, 0.5) is 0 Å². The lowest BCUT2D eigenvalue weighted by molar-refractivity contribution is 0.0642. The fourth-order valence-corrected chi connectivity index (χ4v) is 3.54. The molecule has 0 radical (unpaired) electrons. The lowest BCUT2D eigenvalue weighted by Gasteiger charge is -2.34. The van der Waals surface area contributed by atoms with Crippen molar-refractivity contribution in [3.05, 3.63) is 29.8 Å². The summed E-state index contributed by atoms with van der Waals surface area (Å²) < 4.78 is 0. The van der Waals surface area contributed by atoms with Crippen molar-refractivity contribution in [2.24, 2.45) is 11.8 Å². The van der Waals surface area contributed by atoms with Gasteiger partial charge in [0.1, 0.15) is 0 Å². The number of nitrogens with zero attached hydrogens (tertiary/aromatic N) is 1. The van der Waals surface area contributed by atoms with Crippen LogP contribution >= 0.6 is 24.2 Å². The Morgan fingerprint density at radius 3 is 2.65 bits per heavy atom. The molecule has 2 aliphatic heterocycles. The molecule has 3 rings (SSSR count). The normalized spacial score (nSPS) is 24.9. The van der Waals surface area contributed by atoms with Crippen LogP contribution < -0.4 is 5.32 Å². The highest BCUT2D eigenvalue weighted by atomic mass is 35.5. The van der Waals surface area contributed by atoms with E-state index >= 15 is 0 Å². The number of halogens is 1. The van der Waals surface area contributed by atoms with Crippen molar-refractivity contribution in [1.82, 2.24) is 10.2 Å². The van der Waals surface area contributed by atoms with Crippen molar-refractivity contribution >= 4 is 30.1 Å². The van der Waals surface area contributed by atoms with Crippen molar-refractivity contribution < 1.29 is 4.79 Å². The molecule has 1 amide bonds. The van der Waals surface area contributed by atoms with Crippen LogP contribution in [0.2, 0.25) is 0 Å². The summed E-state index contributed by atoms with van der Waals surface area (Å²) in [6, 6.07) is 7.96. The maximum Gasteiger partial charge on any atom is 0.253 e. The van der Waals surface area contributed by atoms with Crippen molar-refractivity contribution in [2.45, 2.75) is 11.3 Å². The highest BCUT2D eigenvalue weighted by molar-refractivity contribution is 7.98. The van der Waals surface area contributed by atoms with Crippen LogP contribution in [-0.2, 0) is 0 Å². The Morgan fingerprint density at radius 2 is 1.95 bits per heavy atom. The number of hydrogen-bond donors (Lipinski definition) is 1. The fourth-order valence-electron chi connectivity index (χ4n) is 3.14. The summed E-state index contributed by atoms with van der Waals surface area (Å²) in [7, 11) is 0. The van der Waals surface area contributed by atoms with E-state index in [-0.39, 0.29) is 18.3 Å². The highest BCUT2D eigenvalue weighted by Crippen LogP contribution is 2.27. The Hall–Kier alpha value is -0.710. The average Bonchev–Trinajstić information content (AvgIpc) is 2.94. The second kappa shape index (κ2) is 6.83. The number of likely N-dealkylation sites (tertiary alicyclic amines) is 1. The summed E-state index contributed by atoms with van der Waals surface area (Å²) in [5.41, 5.74) is 0.821. The van der Waals surface area contributed by atoms with Gasteiger partial charge >= 0.3 is 0 Å². The van der Waals surface area contributed by atoms with Crippen molar-refractivity contribution in [3.63, 3.8) is 0 Å². The molecule has 2 aliphatic rings. The zero-order valence-corrected chi connectivity index (χ0v) is 13.3. The number of carbonyl (C=O) groups is 1. The zero-order valence-electron chi connectivity index (χ0n) is 11.7. The molecule has 0 bridgehead atoms. The molecule has 2 saturated heterocycles. The smallest absolute Gasteiger partial charge is 0.253 e. The zero-order chi connectivity index (χ0) is 13.2. The third-order valence-electron chi connectivity index (χ3n) is 4.33. The van der Waals surface area contributed by atoms with Gasteiger partial charge < -0.3 is 10.2 Å². The molecule has 0 spiro atoms. The van der Waals surface area contributed by atoms with E-state index in [9.17, 15) is 4.79 Å². The Balaban J connectivity index is 0.00000147. The first-order chi connectivity index (χ1) is 9.28. The number of carbonyl (C=O) groups excluding carboxylic acids is 1. The van der Waals surface area contributed by atoms with E-state index in [0.29, 0.717) is 5.92 Å². The molecule has 2 fully saturated rings. The number of thioether (sulfide) groups is 1. The predicted octanol–water partition coefficient (Wildman–Crippen LogP) is 2.51. The second-order valence-corrected chi connectivity index (χ2v) is 6.33. The first-order valence-electron chi connectivity index (χ1n) is 6.92. The van der Waals surface area contributed by atoms with Gasteiger partial charge in [0, 0.05) is 23.5 Å². The van der Waals surface area contributed by atoms with Crippen molar-refractivity contribution in [3.8, 4) is 0 Å². The molecule has 2 atom stereocenters. The molecule has 1 aromatic rings. The van der Waals surface area contributed by atoms with Gasteiger partial charge in [-0.2, -0.15) is 0 Å². The first-order valence-corrected chi connectivity index (χ1v) is 8.14. The van der Waals surface area contributed by atoms with Crippen LogP contribution in [-0.4, -0.2) is 43.2 Å². The van der Waals surface area contributed by atoms with Crippen LogP contribution in [0.1, 0.15) is 16.8 Å². The van der Waals surface area contributed by atoms with Gasteiger partial charge in [-0.15, -0.1) is 24.2 Å². The van der Waals surface area contributed by atoms with Gasteiger partial charge in [-0.3, -0.25) is 4.79 Å². The molecule has 0 aliphatic carbocycles. The Kier molecular flexibility index (Phi) is 5.35. The minimum atomic E-state index is 0. The van der Waals surface area contributed by atoms with Crippen molar-refractivity contribution in [2.75, 3.05) is 32.4 Å². The van der Waals surface area contributed by atoms with E-state index in [1.165, 1.54) is 4.90 Å². The van der Waals surface area contributed by atoms with Crippen LogP contribution in [0.25, 0.3) is 0 Å². The van der Waals surface area contributed by atoms with Gasteiger partial charge in [-0.1, -0.05) is 0 Å². The van der Waals surface area contributed by atoms with Gasteiger partial charge in [0.25, 0.3) is 5.91 Å². The van der Waals surface area contributed by atoms with Gasteiger partial charge in [0.15, 0.2) is 0 Å². The number of piperidine rings is 1. The van der Waals surface area contributed by atoms with Crippen LogP contribution in [0, 0.1) is 11.8 Å². The van der Waals surface area contributed by atoms with Gasteiger partial charge in [-0.05, 0) is 61.9 Å². The predicted molar refractivity (Wildman–Crippen MR) is 85.8 cm³/mol. The number of amides is 1. The molecular formula is C15H21ClN2OS. The molecule has 110 valence electrons. The van der Waals surface area contributed by atoms with E-state index in [1.54, 1.807) is 11.8 Å². The Morgan fingerprint density at radius 1 is 1.25 bits per heavy atom. The molecule has 3 nitrogen and oxygen atoms in total. The summed E-state index contributed by atoms with van der Waals surface area (Å²) >= 11 is 1.70. The van der Waals surface area contributed by atoms with Crippen molar-refractivity contribution in [1.29, 1.82) is 0 Å². The summed E-state index contributed by atoms with van der Waals surface area (Å²) in [5, 5.41) is 3.44. The van der Waals surface area contributed by atoms with E-state index < -0.39 is 0 Å². The molecule has 1 aromatic carbocycles. The van der Waals surface area contributed by atoms with E-state index in [1.807, 2.05) is 29.2 Å². The minimum absolute atomic E-state index is 0. The largest absolute Gasteiger partial charge is 0.338 e. The molecule has 2 unspecified atom stereocenters. The van der Waals surface area contributed by atoms with Gasteiger partial charge in [0.2, 0.25) is 0 Å². The molecular weight excluding hydrogens is 292 g/mol. The number of hydrogen-bond acceptors (Lipinski definition) is 3. The van der Waals surface area contributed by atoms with Gasteiger partial charge in [-0.25, -0.2) is 0 Å². The third-order valence-corrected chi connectivity index (χ3v) is 5.07. The number of benzene rings is 1. The highest BCUT2D eigenvalue weighted by Gasteiger charge is 2.34. The topological polar surface area (TPSA) is 32.3 Å². The first kappa shape index (κ1) is 15.7. The maximum absolute atomic E-state index is 12.5. The number of rotatable bonds is 2. The minimum Gasteiger partial charge on any atom is -0.338 e. The Bertz CT molecular complexity index is 465. The second-order valence-electron chi connectivity index (χ2n) is 5.45. The lowest BCUT2D eigenvalue weighted by atomic mass is 9.88. The summed E-state index contributed by atoms with van der Waals surface area (Å²) in [6.07, 6.45) is 3.20. The summed E-state index contributed by atoms with van der Waals surface area (Å²) in [5.74, 6) is 1.63. The quantitative estimate of drug-likeness (QED) is 0.852. The van der Waals surface area contributed by atoms with Crippen LogP contribution in [0.15, 0.2) is 29.2 Å². The number of fused-ring (bicyclic) bond motifs is 1. The molecule has 20 heavy (non-hydrogen) atoms. The molecule has 0 saturated carbocycles. The van der Waals surface area contributed by atoms with Gasteiger partial charge in [0.05, 0.1) is 0 Å². The monoisotopic (exact) mass is 312 g/mol. The van der Waals surface area contributed by atoms with E-state index in [4.69, 9.17) is 0 Å². The summed E-state index contributed by atoms with van der Waals surface area (Å²) in [6.45, 7) is 4.03. The summed E-state index contributed by atoms with van der Waals surface area (Å²) in [4.78, 5) is 15.7. The van der Waals surface area contributed by atoms with E-state index in [0.717, 1.165) is 44.1 Å². The third kappa shape index (κ3) is 3.13. The molecule has 0 aromatic heterocycles. The average molecular weight is 313 g/mol. The molecule has 2 heterocycles. The van der Waals surface area contributed by atoms with Crippen LogP contribution in [0.3, 0.4) is 0 Å². The fraction of sp³-hybridized carbons (Fsp3) is 0.533. The standard InChI is InChI=1S/C15H20N2OS.ClH/c1-19-14-4-2-11(3-5-14)15(18)17-7-6-12-8-16-9-13(12)10-17;/h2-5,12-13,16H,6-10H2,1H3;1H.